The summed E-state index contributed by atoms with van der Waals surface area (Å²) in [7, 11) is 0. The van der Waals surface area contributed by atoms with Crippen LogP contribution in [0.4, 0.5) is 0 Å². The van der Waals surface area contributed by atoms with E-state index in [0.29, 0.717) is 0 Å². The van der Waals surface area contributed by atoms with Gasteiger partial charge < -0.3 is 0 Å². The fourth-order valence-corrected chi connectivity index (χ4v) is 1.82. The number of hydrogen-bond donors (Lipinski definition) is 1. The third-order valence-corrected chi connectivity index (χ3v) is 2.71. The van der Waals surface area contributed by atoms with Crippen LogP contribution in [0.25, 0.3) is 0 Å². The van der Waals surface area contributed by atoms with Crippen molar-refractivity contribution in [2.75, 3.05) is 0 Å². The topological polar surface area (TPSA) is 37.3 Å². The maximum Gasteiger partial charge on any atom is 0.167 e. The van der Waals surface area contributed by atoms with Crippen LogP contribution < -0.4 is 4.72 Å². The second-order valence-electron chi connectivity index (χ2n) is 2.38. The fraction of sp³-hybridized carbons (Fsp3) is 0.143. The second kappa shape index (κ2) is 3.05. The molecule has 2 heterocycles. The second-order valence-corrected chi connectivity index (χ2v) is 3.58. The number of nitrogens with zero attached hydrogens (tertiary/aromatic N) is 2. The van der Waals surface area contributed by atoms with Gasteiger partial charge in [0, 0.05) is 18.0 Å². The molecule has 0 saturated carbocycles. The summed E-state index contributed by atoms with van der Waals surface area (Å²) in [4.78, 5) is 3.30. The summed E-state index contributed by atoms with van der Waals surface area (Å²) in [5.41, 5.74) is 0.903. The first-order valence-electron chi connectivity index (χ1n) is 3.38. The van der Waals surface area contributed by atoms with Gasteiger partial charge in [-0.2, -0.15) is 0 Å². The van der Waals surface area contributed by atoms with Crippen molar-refractivity contribution in [2.45, 2.75) is 5.00 Å². The first-order chi connectivity index (χ1) is 5.81. The van der Waals surface area contributed by atoms with Gasteiger partial charge in [-0.15, -0.1) is 0 Å². The van der Waals surface area contributed by atoms with E-state index in [4.69, 9.17) is 11.6 Å². The normalized spacial score (nSPS) is 27.8. The Morgan fingerprint density at radius 2 is 2.50 bits per heavy atom. The monoisotopic (exact) mass is 199 g/mol. The highest BCUT2D eigenvalue weighted by atomic mass is 35.5. The molecule has 1 aliphatic rings. The molecule has 1 N–H and O–H groups in total. The molecule has 2 rings (SSSR count). The van der Waals surface area contributed by atoms with Gasteiger partial charge in [-0.05, 0) is 6.07 Å². The van der Waals surface area contributed by atoms with E-state index in [1.807, 2.05) is 12.1 Å². The summed E-state index contributed by atoms with van der Waals surface area (Å²) in [6.45, 7) is 0. The van der Waals surface area contributed by atoms with Crippen molar-refractivity contribution >= 4 is 29.9 Å². The predicted molar refractivity (Wildman–Crippen MR) is 51.0 cm³/mol. The molecule has 3 nitrogen and oxygen atoms in total. The summed E-state index contributed by atoms with van der Waals surface area (Å²) >= 11 is 7.41. The van der Waals surface area contributed by atoms with Crippen LogP contribution in [-0.2, 0) is 5.00 Å². The smallest absolute Gasteiger partial charge is 0.167 e. The van der Waals surface area contributed by atoms with Crippen LogP contribution in [0, 0.1) is 0 Å². The maximum atomic E-state index is 6.17. The molecular weight excluding hydrogens is 194 g/mol. The van der Waals surface area contributed by atoms with E-state index in [-0.39, 0.29) is 0 Å². The highest BCUT2D eigenvalue weighted by molar-refractivity contribution is 7.96. The third-order valence-electron chi connectivity index (χ3n) is 1.56. The average molecular weight is 200 g/mol. The van der Waals surface area contributed by atoms with Crippen LogP contribution in [0.5, 0.6) is 0 Å². The van der Waals surface area contributed by atoms with E-state index in [1.54, 1.807) is 18.6 Å². The Kier molecular flexibility index (Phi) is 2.04. The Hall–Kier alpha value is -0.580. The van der Waals surface area contributed by atoms with Crippen LogP contribution in [0.1, 0.15) is 5.56 Å². The lowest BCUT2D eigenvalue weighted by Gasteiger charge is -2.16. The summed E-state index contributed by atoms with van der Waals surface area (Å²) in [5, 5.41) is 0. The average Bonchev–Trinajstić information content (AvgIpc) is 2.55. The van der Waals surface area contributed by atoms with E-state index in [1.165, 1.54) is 12.1 Å². The first-order valence-corrected chi connectivity index (χ1v) is 4.53. The lowest BCUT2D eigenvalue weighted by molar-refractivity contribution is 0.817. The molecular formula is C7H6ClN3S. The third kappa shape index (κ3) is 1.33. The van der Waals surface area contributed by atoms with Gasteiger partial charge in [0.2, 0.25) is 0 Å². The van der Waals surface area contributed by atoms with E-state index >= 15 is 0 Å². The zero-order chi connectivity index (χ0) is 8.44. The lowest BCUT2D eigenvalue weighted by Crippen LogP contribution is -2.29. The molecule has 62 valence electrons. The first kappa shape index (κ1) is 8.04. The molecule has 0 fully saturated rings. The van der Waals surface area contributed by atoms with Crippen LogP contribution >= 0.6 is 23.7 Å². The van der Waals surface area contributed by atoms with Crippen molar-refractivity contribution in [3.05, 3.63) is 30.1 Å². The Bertz CT molecular complexity index is 303. The van der Waals surface area contributed by atoms with Crippen LogP contribution in [0.15, 0.2) is 28.9 Å². The number of aromatic nitrogens is 1. The van der Waals surface area contributed by atoms with Crippen LogP contribution in [0.3, 0.4) is 0 Å². The summed E-state index contributed by atoms with van der Waals surface area (Å²) in [6.07, 6.45) is 5.09. The van der Waals surface area contributed by atoms with E-state index in [9.17, 15) is 0 Å². The molecule has 1 aliphatic heterocycles. The zero-order valence-electron chi connectivity index (χ0n) is 6.07. The number of alkyl halides is 1. The van der Waals surface area contributed by atoms with Crippen molar-refractivity contribution in [2.24, 2.45) is 4.40 Å². The van der Waals surface area contributed by atoms with Crippen LogP contribution in [-0.4, -0.2) is 11.2 Å². The van der Waals surface area contributed by atoms with E-state index in [2.05, 4.69) is 14.1 Å². The van der Waals surface area contributed by atoms with Crippen molar-refractivity contribution in [3.63, 3.8) is 0 Å². The molecule has 0 bridgehead atoms. The Labute approximate surface area is 79.5 Å². The molecule has 0 saturated heterocycles. The molecule has 0 amide bonds. The summed E-state index contributed by atoms with van der Waals surface area (Å²) < 4.78 is 6.90. The molecule has 1 unspecified atom stereocenters. The maximum absolute atomic E-state index is 6.17. The van der Waals surface area contributed by atoms with Gasteiger partial charge in [0.05, 0.1) is 18.3 Å². The molecule has 0 aliphatic carbocycles. The van der Waals surface area contributed by atoms with E-state index < -0.39 is 5.00 Å². The Balaban J connectivity index is 2.36. The van der Waals surface area contributed by atoms with Gasteiger partial charge in [-0.25, -0.2) is 9.12 Å². The minimum atomic E-state index is -0.682. The minimum Gasteiger partial charge on any atom is -0.264 e. The van der Waals surface area contributed by atoms with Gasteiger partial charge in [0.15, 0.2) is 5.00 Å². The number of nitrogens with one attached hydrogen (secondary N) is 1. The molecule has 1 aromatic heterocycles. The molecule has 12 heavy (non-hydrogen) atoms. The summed E-state index contributed by atoms with van der Waals surface area (Å²) in [6, 6.07) is 3.75. The number of pyridine rings is 1. The van der Waals surface area contributed by atoms with Gasteiger partial charge >= 0.3 is 0 Å². The highest BCUT2D eigenvalue weighted by Crippen LogP contribution is 2.30. The predicted octanol–water partition coefficient (Wildman–Crippen LogP) is 1.71. The van der Waals surface area contributed by atoms with Crippen LogP contribution in [0.2, 0.25) is 0 Å². The molecule has 0 radical (unpaired) electrons. The van der Waals surface area contributed by atoms with Gasteiger partial charge in [-0.1, -0.05) is 17.7 Å². The molecule has 1 atom stereocenters. The van der Waals surface area contributed by atoms with Gasteiger partial charge in [0.25, 0.3) is 0 Å². The fourth-order valence-electron chi connectivity index (χ4n) is 0.930. The lowest BCUT2D eigenvalue weighted by atomic mass is 10.1. The Morgan fingerprint density at radius 3 is 3.08 bits per heavy atom. The number of halogens is 1. The van der Waals surface area contributed by atoms with Crippen molar-refractivity contribution in [1.82, 2.24) is 9.71 Å². The minimum absolute atomic E-state index is 0.682. The highest BCUT2D eigenvalue weighted by Gasteiger charge is 2.30. The van der Waals surface area contributed by atoms with Gasteiger partial charge in [0.1, 0.15) is 0 Å². The van der Waals surface area contributed by atoms with Crippen molar-refractivity contribution in [3.8, 4) is 0 Å². The molecule has 0 aromatic carbocycles. The Morgan fingerprint density at radius 1 is 1.58 bits per heavy atom. The molecule has 0 spiro atoms. The standard InChI is InChI=1S/C7H6ClN3S/c8-7(5-10-12-11-7)6-2-1-3-9-4-6/h1-5,11H. The van der Waals surface area contributed by atoms with E-state index in [0.717, 1.165) is 5.56 Å². The van der Waals surface area contributed by atoms with Crippen molar-refractivity contribution in [1.29, 1.82) is 0 Å². The largest absolute Gasteiger partial charge is 0.264 e. The number of hydrogen-bond acceptors (Lipinski definition) is 4. The number of rotatable bonds is 1. The summed E-state index contributed by atoms with van der Waals surface area (Å²) in [5.74, 6) is 0. The van der Waals surface area contributed by atoms with Gasteiger partial charge in [-0.3, -0.25) is 4.98 Å². The SMILES string of the molecule is ClC1(c2cccnc2)C=NSN1. The quantitative estimate of drug-likeness (QED) is 0.425. The molecule has 1 aromatic rings. The van der Waals surface area contributed by atoms with Crippen molar-refractivity contribution < 1.29 is 0 Å². The molecule has 5 heteroatoms. The zero-order valence-corrected chi connectivity index (χ0v) is 7.64.